The molecular weight excluding hydrogens is 460 g/mol. The lowest BCUT2D eigenvalue weighted by molar-refractivity contribution is -0.126. The molecule has 0 aliphatic carbocycles. The quantitative estimate of drug-likeness (QED) is 0.458. The van der Waals surface area contributed by atoms with Gasteiger partial charge < -0.3 is 14.2 Å². The number of rotatable bonds is 7. The molecule has 8 heteroatoms. The molecule has 2 aliphatic heterocycles. The van der Waals surface area contributed by atoms with Gasteiger partial charge in [0, 0.05) is 11.6 Å². The number of anilines is 2. The van der Waals surface area contributed by atoms with Crippen molar-refractivity contribution in [3.05, 3.63) is 77.9 Å². The van der Waals surface area contributed by atoms with Gasteiger partial charge in [0.25, 0.3) is 5.91 Å². The zero-order chi connectivity index (χ0) is 25.4. The summed E-state index contributed by atoms with van der Waals surface area (Å²) in [4.78, 5) is 34.9. The number of para-hydroxylation sites is 1. The first-order valence-electron chi connectivity index (χ1n) is 11.8. The summed E-state index contributed by atoms with van der Waals surface area (Å²) >= 11 is 0. The minimum Gasteiger partial charge on any atom is -0.496 e. The van der Waals surface area contributed by atoms with E-state index in [0.717, 1.165) is 12.0 Å². The van der Waals surface area contributed by atoms with E-state index in [1.54, 1.807) is 50.7 Å². The van der Waals surface area contributed by atoms with E-state index in [2.05, 4.69) is 6.92 Å². The maximum Gasteiger partial charge on any atom is 0.266 e. The van der Waals surface area contributed by atoms with Gasteiger partial charge in [-0.05, 0) is 42.3 Å². The van der Waals surface area contributed by atoms with Gasteiger partial charge in [-0.25, -0.2) is 9.96 Å². The minimum atomic E-state index is -0.980. The fourth-order valence-corrected chi connectivity index (χ4v) is 4.95. The average molecular weight is 489 g/mol. The average Bonchev–Trinajstić information content (AvgIpc) is 3.43. The summed E-state index contributed by atoms with van der Waals surface area (Å²) in [5.41, 5.74) is 3.02. The molecule has 8 nitrogen and oxygen atoms in total. The zero-order valence-corrected chi connectivity index (χ0v) is 20.6. The summed E-state index contributed by atoms with van der Waals surface area (Å²) in [5, 5.41) is 1.63. The predicted molar refractivity (Wildman–Crippen MR) is 134 cm³/mol. The van der Waals surface area contributed by atoms with E-state index in [9.17, 15) is 9.59 Å². The highest BCUT2D eigenvalue weighted by Crippen LogP contribution is 2.51. The van der Waals surface area contributed by atoms with Gasteiger partial charge in [-0.15, -0.1) is 0 Å². The van der Waals surface area contributed by atoms with Crippen molar-refractivity contribution >= 4 is 23.2 Å². The van der Waals surface area contributed by atoms with E-state index in [1.807, 2.05) is 42.5 Å². The largest absolute Gasteiger partial charge is 0.496 e. The third-order valence-corrected chi connectivity index (χ3v) is 6.78. The van der Waals surface area contributed by atoms with Crippen LogP contribution < -0.4 is 24.2 Å². The van der Waals surface area contributed by atoms with Gasteiger partial charge >= 0.3 is 0 Å². The molecule has 0 aromatic heterocycles. The van der Waals surface area contributed by atoms with Crippen molar-refractivity contribution in [2.45, 2.75) is 25.5 Å². The lowest BCUT2D eigenvalue weighted by Crippen LogP contribution is -2.37. The molecule has 5 rings (SSSR count). The van der Waals surface area contributed by atoms with Gasteiger partial charge in [0.05, 0.1) is 32.7 Å². The van der Waals surface area contributed by atoms with Gasteiger partial charge in [-0.3, -0.25) is 14.4 Å². The number of aryl methyl sites for hydroxylation is 1. The topological polar surface area (TPSA) is 77.5 Å². The highest BCUT2D eigenvalue weighted by Gasteiger charge is 2.60. The third-order valence-electron chi connectivity index (χ3n) is 6.78. The van der Waals surface area contributed by atoms with Gasteiger partial charge in [-0.1, -0.05) is 37.3 Å². The van der Waals surface area contributed by atoms with Crippen molar-refractivity contribution in [3.63, 3.8) is 0 Å². The molecule has 186 valence electrons. The second kappa shape index (κ2) is 9.54. The number of amides is 2. The van der Waals surface area contributed by atoms with Gasteiger partial charge in [0.1, 0.15) is 17.7 Å². The first-order chi connectivity index (χ1) is 17.5. The number of ether oxygens (including phenoxy) is 3. The van der Waals surface area contributed by atoms with Crippen molar-refractivity contribution in [3.8, 4) is 17.2 Å². The second-order valence-electron chi connectivity index (χ2n) is 8.64. The van der Waals surface area contributed by atoms with Crippen molar-refractivity contribution in [2.24, 2.45) is 5.92 Å². The van der Waals surface area contributed by atoms with Crippen molar-refractivity contribution < 1.29 is 28.6 Å². The van der Waals surface area contributed by atoms with Crippen molar-refractivity contribution in [1.29, 1.82) is 0 Å². The summed E-state index contributed by atoms with van der Waals surface area (Å²) in [6, 6.07) is 19.7. The first-order valence-corrected chi connectivity index (χ1v) is 11.8. The number of fused-ring (bicyclic) bond motifs is 1. The molecular formula is C28H28N2O6. The molecule has 2 saturated heterocycles. The monoisotopic (exact) mass is 488 g/mol. The van der Waals surface area contributed by atoms with Crippen LogP contribution in [0.1, 0.15) is 24.1 Å². The molecule has 0 bridgehead atoms. The van der Waals surface area contributed by atoms with Crippen LogP contribution in [0.2, 0.25) is 0 Å². The third kappa shape index (κ3) is 3.74. The van der Waals surface area contributed by atoms with Crippen LogP contribution in [0.25, 0.3) is 0 Å². The number of methoxy groups -OCH3 is 3. The fraction of sp³-hybridized carbons (Fsp3) is 0.286. The lowest BCUT2D eigenvalue weighted by atomic mass is 9.89. The summed E-state index contributed by atoms with van der Waals surface area (Å²) in [7, 11) is 4.64. The first kappa shape index (κ1) is 23.7. The molecule has 3 aromatic rings. The molecule has 0 unspecified atom stereocenters. The number of benzene rings is 3. The zero-order valence-electron chi connectivity index (χ0n) is 20.6. The van der Waals surface area contributed by atoms with Crippen LogP contribution in [-0.4, -0.2) is 39.2 Å². The van der Waals surface area contributed by atoms with E-state index in [-0.39, 0.29) is 5.91 Å². The second-order valence-corrected chi connectivity index (χ2v) is 8.64. The lowest BCUT2D eigenvalue weighted by Gasteiger charge is -2.30. The molecule has 2 fully saturated rings. The van der Waals surface area contributed by atoms with Gasteiger partial charge in [0.2, 0.25) is 5.91 Å². The van der Waals surface area contributed by atoms with Crippen LogP contribution in [-0.2, 0) is 20.8 Å². The molecule has 0 saturated carbocycles. The van der Waals surface area contributed by atoms with Gasteiger partial charge in [0.15, 0.2) is 17.6 Å². The molecule has 0 N–H and O–H groups in total. The number of hydrogen-bond donors (Lipinski definition) is 0. The van der Waals surface area contributed by atoms with E-state index in [1.165, 1.54) is 4.90 Å². The Labute approximate surface area is 209 Å². The highest BCUT2D eigenvalue weighted by atomic mass is 16.7. The Morgan fingerprint density at radius 2 is 1.42 bits per heavy atom. The number of carbonyl (C=O) groups excluding carboxylic acids is 2. The minimum absolute atomic E-state index is 0.325. The molecule has 0 radical (unpaired) electrons. The van der Waals surface area contributed by atoms with Crippen LogP contribution >= 0.6 is 0 Å². The summed E-state index contributed by atoms with van der Waals surface area (Å²) in [5.74, 6) is -0.0455. The Bertz CT molecular complexity index is 1280. The smallest absolute Gasteiger partial charge is 0.266 e. The normalized spacial score (nSPS) is 21.1. The van der Waals surface area contributed by atoms with Crippen LogP contribution in [0.3, 0.4) is 0 Å². The van der Waals surface area contributed by atoms with E-state index in [0.29, 0.717) is 34.2 Å². The molecule has 36 heavy (non-hydrogen) atoms. The standard InChI is InChI=1S/C28H28N2O6/c1-5-17-11-13-18(14-12-17)29-27(31)24-25(20-15-22(34-3)23(35-4)16-21(20)33-2)30(36-26(24)28(29)32)19-9-7-6-8-10-19/h6-16,24-26H,5H2,1-4H3/t24-,25-,26-/m1/s1. The summed E-state index contributed by atoms with van der Waals surface area (Å²) in [6.07, 6.45) is -0.115. The predicted octanol–water partition coefficient (Wildman–Crippen LogP) is 4.33. The molecule has 2 heterocycles. The maximum atomic E-state index is 13.9. The Morgan fingerprint density at radius 1 is 0.778 bits per heavy atom. The van der Waals surface area contributed by atoms with E-state index < -0.39 is 24.0 Å². The Kier molecular flexibility index (Phi) is 6.28. The number of hydrogen-bond acceptors (Lipinski definition) is 7. The SMILES string of the molecule is CCc1ccc(N2C(=O)[C@@H]3[C@@H](c4cc(OC)c(OC)cc4OC)N(c4ccccc4)O[C@H]3C2=O)cc1. The summed E-state index contributed by atoms with van der Waals surface area (Å²) in [6.45, 7) is 2.05. The molecule has 2 aliphatic rings. The summed E-state index contributed by atoms with van der Waals surface area (Å²) < 4.78 is 16.7. The van der Waals surface area contributed by atoms with Crippen molar-refractivity contribution in [1.82, 2.24) is 0 Å². The number of nitrogens with zero attached hydrogens (tertiary/aromatic N) is 2. The molecule has 0 spiro atoms. The van der Waals surface area contributed by atoms with Crippen LogP contribution in [0.4, 0.5) is 11.4 Å². The van der Waals surface area contributed by atoms with Crippen LogP contribution in [0.15, 0.2) is 66.7 Å². The number of carbonyl (C=O) groups is 2. The Balaban J connectivity index is 1.63. The number of hydroxylamine groups is 1. The fourth-order valence-electron chi connectivity index (χ4n) is 4.95. The maximum absolute atomic E-state index is 13.9. The highest BCUT2D eigenvalue weighted by molar-refractivity contribution is 6.24. The van der Waals surface area contributed by atoms with Crippen LogP contribution in [0.5, 0.6) is 17.2 Å². The Hall–Kier alpha value is -4.04. The van der Waals surface area contributed by atoms with Gasteiger partial charge in [-0.2, -0.15) is 0 Å². The Morgan fingerprint density at radius 3 is 2.03 bits per heavy atom. The van der Waals surface area contributed by atoms with Crippen molar-refractivity contribution in [2.75, 3.05) is 31.3 Å². The van der Waals surface area contributed by atoms with E-state index >= 15 is 0 Å². The number of imide groups is 1. The molecule has 3 atom stereocenters. The molecule has 3 aromatic carbocycles. The molecule has 2 amide bonds. The van der Waals surface area contributed by atoms with Crippen LogP contribution in [0, 0.1) is 5.92 Å². The van der Waals surface area contributed by atoms with E-state index in [4.69, 9.17) is 19.0 Å².